The van der Waals surface area contributed by atoms with E-state index in [0.29, 0.717) is 11.4 Å². The van der Waals surface area contributed by atoms with E-state index in [1.165, 1.54) is 18.5 Å². The normalized spacial score (nSPS) is 9.50. The van der Waals surface area contributed by atoms with Crippen LogP contribution in [0.15, 0.2) is 36.9 Å². The zero-order chi connectivity index (χ0) is 11.4. The predicted molar refractivity (Wildman–Crippen MR) is 56.4 cm³/mol. The minimum absolute atomic E-state index is 0.0230. The van der Waals surface area contributed by atoms with Crippen molar-refractivity contribution in [2.45, 2.75) is 0 Å². The Balaban J connectivity index is 2.24. The molecule has 0 aliphatic carbocycles. The maximum Gasteiger partial charge on any atom is 0.143 e. The first-order valence-corrected chi connectivity index (χ1v) is 4.51. The van der Waals surface area contributed by atoms with Crippen LogP contribution in [-0.4, -0.2) is 9.97 Å². The van der Waals surface area contributed by atoms with Crippen LogP contribution in [0.1, 0.15) is 5.56 Å². The van der Waals surface area contributed by atoms with Gasteiger partial charge >= 0.3 is 0 Å². The van der Waals surface area contributed by atoms with Gasteiger partial charge in [-0.3, -0.25) is 0 Å². The summed E-state index contributed by atoms with van der Waals surface area (Å²) in [5.41, 5.74) is 1.23. The zero-order valence-electron chi connectivity index (χ0n) is 8.18. The Kier molecular flexibility index (Phi) is 2.74. The molecule has 0 radical (unpaired) electrons. The summed E-state index contributed by atoms with van der Waals surface area (Å²) in [5, 5.41) is 11.5. The van der Waals surface area contributed by atoms with Crippen LogP contribution in [0.3, 0.4) is 0 Å². The average Bonchev–Trinajstić information content (AvgIpc) is 2.31. The lowest BCUT2D eigenvalue weighted by Crippen LogP contribution is -1.93. The number of nitrogens with zero attached hydrogens (tertiary/aromatic N) is 3. The number of aromatic nitrogens is 2. The van der Waals surface area contributed by atoms with Crippen LogP contribution in [-0.2, 0) is 0 Å². The smallest absolute Gasteiger partial charge is 0.143 e. The molecule has 0 saturated heterocycles. The molecule has 0 atom stereocenters. The van der Waals surface area contributed by atoms with Crippen LogP contribution >= 0.6 is 0 Å². The van der Waals surface area contributed by atoms with E-state index in [-0.39, 0.29) is 5.56 Å². The fraction of sp³-hybridized carbons (Fsp3) is 0. The first kappa shape index (κ1) is 10.1. The van der Waals surface area contributed by atoms with E-state index >= 15 is 0 Å². The Morgan fingerprint density at radius 3 is 2.56 bits per heavy atom. The molecule has 5 heteroatoms. The van der Waals surface area contributed by atoms with E-state index in [0.717, 1.165) is 0 Å². The van der Waals surface area contributed by atoms with E-state index in [2.05, 4.69) is 15.3 Å². The molecule has 4 nitrogen and oxygen atoms in total. The van der Waals surface area contributed by atoms with Gasteiger partial charge in [-0.2, -0.15) is 5.26 Å². The van der Waals surface area contributed by atoms with Crippen molar-refractivity contribution in [1.29, 1.82) is 5.26 Å². The molecule has 16 heavy (non-hydrogen) atoms. The summed E-state index contributed by atoms with van der Waals surface area (Å²) in [6, 6.07) is 6.05. The second kappa shape index (κ2) is 4.36. The van der Waals surface area contributed by atoms with Gasteiger partial charge in [-0.1, -0.05) is 0 Å². The highest BCUT2D eigenvalue weighted by Gasteiger charge is 2.02. The second-order valence-electron chi connectivity index (χ2n) is 3.06. The number of benzene rings is 1. The molecule has 2 rings (SSSR count). The SMILES string of the molecule is N#Cc1ccc(Nc2cncnc2)cc1F. The maximum absolute atomic E-state index is 13.3. The molecule has 1 heterocycles. The number of anilines is 2. The van der Waals surface area contributed by atoms with E-state index in [1.54, 1.807) is 24.5 Å². The number of halogens is 1. The maximum atomic E-state index is 13.3. The molecule has 0 bridgehead atoms. The number of nitrogens with one attached hydrogen (secondary N) is 1. The van der Waals surface area contributed by atoms with Gasteiger partial charge in [0.2, 0.25) is 0 Å². The summed E-state index contributed by atoms with van der Waals surface area (Å²) in [6.07, 6.45) is 4.55. The summed E-state index contributed by atoms with van der Waals surface area (Å²) >= 11 is 0. The van der Waals surface area contributed by atoms with E-state index in [4.69, 9.17) is 5.26 Å². The van der Waals surface area contributed by atoms with Gasteiger partial charge in [-0.25, -0.2) is 14.4 Å². The number of hydrogen-bond donors (Lipinski definition) is 1. The highest BCUT2D eigenvalue weighted by molar-refractivity contribution is 5.58. The van der Waals surface area contributed by atoms with Crippen LogP contribution in [0, 0.1) is 17.1 Å². The molecule has 0 amide bonds. The van der Waals surface area contributed by atoms with Crippen molar-refractivity contribution in [2.24, 2.45) is 0 Å². The number of rotatable bonds is 2. The summed E-state index contributed by atoms with van der Waals surface area (Å²) in [7, 11) is 0. The Bertz CT molecular complexity index is 533. The summed E-state index contributed by atoms with van der Waals surface area (Å²) in [5.74, 6) is -0.552. The van der Waals surface area contributed by atoms with Crippen molar-refractivity contribution in [2.75, 3.05) is 5.32 Å². The molecular weight excluding hydrogens is 207 g/mol. The van der Waals surface area contributed by atoms with E-state index in [9.17, 15) is 4.39 Å². The summed E-state index contributed by atoms with van der Waals surface area (Å²) < 4.78 is 13.3. The fourth-order valence-electron chi connectivity index (χ4n) is 1.21. The fourth-order valence-corrected chi connectivity index (χ4v) is 1.21. The molecule has 0 saturated carbocycles. The molecule has 0 aliphatic heterocycles. The van der Waals surface area contributed by atoms with Crippen LogP contribution < -0.4 is 5.32 Å². The predicted octanol–water partition coefficient (Wildman–Crippen LogP) is 2.23. The standard InChI is InChI=1S/C11H7FN4/c12-11-3-9(2-1-8(11)4-13)16-10-5-14-7-15-6-10/h1-3,5-7,16H. The summed E-state index contributed by atoms with van der Waals surface area (Å²) in [6.45, 7) is 0. The van der Waals surface area contributed by atoms with E-state index < -0.39 is 5.82 Å². The van der Waals surface area contributed by atoms with E-state index in [1.807, 2.05) is 0 Å². The Morgan fingerprint density at radius 1 is 1.19 bits per heavy atom. The van der Waals surface area contributed by atoms with Crippen LogP contribution in [0.4, 0.5) is 15.8 Å². The summed E-state index contributed by atoms with van der Waals surface area (Å²) in [4.78, 5) is 7.63. The quantitative estimate of drug-likeness (QED) is 0.832. The molecule has 1 aromatic carbocycles. The molecule has 1 N–H and O–H groups in total. The van der Waals surface area contributed by atoms with Crippen LogP contribution in [0.5, 0.6) is 0 Å². The second-order valence-corrected chi connectivity index (χ2v) is 3.06. The molecule has 0 spiro atoms. The van der Waals surface area contributed by atoms with Gasteiger partial charge in [0.05, 0.1) is 23.6 Å². The van der Waals surface area contributed by atoms with Gasteiger partial charge < -0.3 is 5.32 Å². The van der Waals surface area contributed by atoms with Crippen molar-refractivity contribution >= 4 is 11.4 Å². The lowest BCUT2D eigenvalue weighted by molar-refractivity contribution is 0.624. The number of nitriles is 1. The van der Waals surface area contributed by atoms with Gasteiger partial charge in [0, 0.05) is 5.69 Å². The van der Waals surface area contributed by atoms with Gasteiger partial charge in [-0.05, 0) is 18.2 Å². The van der Waals surface area contributed by atoms with Gasteiger partial charge in [-0.15, -0.1) is 0 Å². The van der Waals surface area contributed by atoms with Crippen molar-refractivity contribution in [3.63, 3.8) is 0 Å². The first-order chi connectivity index (χ1) is 7.79. The average molecular weight is 214 g/mol. The molecule has 0 fully saturated rings. The molecule has 78 valence electrons. The highest BCUT2D eigenvalue weighted by Crippen LogP contribution is 2.17. The third-order valence-electron chi connectivity index (χ3n) is 1.94. The molecule has 2 aromatic rings. The minimum Gasteiger partial charge on any atom is -0.353 e. The lowest BCUT2D eigenvalue weighted by Gasteiger charge is -2.05. The van der Waals surface area contributed by atoms with Crippen molar-refractivity contribution < 1.29 is 4.39 Å². The molecular formula is C11H7FN4. The van der Waals surface area contributed by atoms with Crippen LogP contribution in [0.25, 0.3) is 0 Å². The third kappa shape index (κ3) is 2.12. The zero-order valence-corrected chi connectivity index (χ0v) is 8.18. The Labute approximate surface area is 91.4 Å². The topological polar surface area (TPSA) is 61.6 Å². The van der Waals surface area contributed by atoms with Gasteiger partial charge in [0.25, 0.3) is 0 Å². The van der Waals surface area contributed by atoms with Crippen molar-refractivity contribution in [3.05, 3.63) is 48.3 Å². The molecule has 0 aliphatic rings. The first-order valence-electron chi connectivity index (χ1n) is 4.51. The van der Waals surface area contributed by atoms with Gasteiger partial charge in [0.15, 0.2) is 0 Å². The molecule has 1 aromatic heterocycles. The van der Waals surface area contributed by atoms with Crippen LogP contribution in [0.2, 0.25) is 0 Å². The number of hydrogen-bond acceptors (Lipinski definition) is 4. The highest BCUT2D eigenvalue weighted by atomic mass is 19.1. The molecule has 0 unspecified atom stereocenters. The van der Waals surface area contributed by atoms with Crippen molar-refractivity contribution in [1.82, 2.24) is 9.97 Å². The Hall–Kier alpha value is -2.48. The lowest BCUT2D eigenvalue weighted by atomic mass is 10.2. The van der Waals surface area contributed by atoms with Gasteiger partial charge in [0.1, 0.15) is 18.2 Å². The Morgan fingerprint density at radius 2 is 1.94 bits per heavy atom. The minimum atomic E-state index is -0.552. The van der Waals surface area contributed by atoms with Crippen molar-refractivity contribution in [3.8, 4) is 6.07 Å². The largest absolute Gasteiger partial charge is 0.353 e. The monoisotopic (exact) mass is 214 g/mol. The third-order valence-corrected chi connectivity index (χ3v) is 1.94.